The first kappa shape index (κ1) is 34.8. The number of hydrogen-bond acceptors (Lipinski definition) is 9. The Kier molecular flexibility index (Phi) is 14.7. The lowest BCUT2D eigenvalue weighted by atomic mass is 10.0. The predicted octanol–water partition coefficient (Wildman–Crippen LogP) is 6.02. The minimum atomic E-state index is -0.471. The van der Waals surface area contributed by atoms with E-state index in [0.717, 1.165) is 36.0 Å². The van der Waals surface area contributed by atoms with Gasteiger partial charge in [0.25, 0.3) is 5.56 Å². The number of nitrogens with two attached hydrogens (primary N) is 1. The quantitative estimate of drug-likeness (QED) is 0.0514. The third-order valence-corrected chi connectivity index (χ3v) is 8.05. The van der Waals surface area contributed by atoms with E-state index >= 15 is 0 Å². The number of hydrogen-bond donors (Lipinski definition) is 2. The van der Waals surface area contributed by atoms with Crippen molar-refractivity contribution in [3.8, 4) is 28.5 Å². The fourth-order valence-corrected chi connectivity index (χ4v) is 5.40. The Morgan fingerprint density at radius 2 is 1.39 bits per heavy atom. The Balaban J connectivity index is 1.20. The van der Waals surface area contributed by atoms with Gasteiger partial charge in [0.05, 0.1) is 32.1 Å². The molecule has 0 atom stereocenters. The lowest BCUT2D eigenvalue weighted by Gasteiger charge is -2.08. The Morgan fingerprint density at radius 3 is 2.04 bits per heavy atom. The summed E-state index contributed by atoms with van der Waals surface area (Å²) in [7, 11) is 0. The zero-order valence-corrected chi connectivity index (χ0v) is 26.7. The van der Waals surface area contributed by atoms with Crippen LogP contribution in [0.5, 0.6) is 0 Å². The average molecular weight is 641 g/mol. The zero-order chi connectivity index (χ0) is 32.4. The molecule has 0 aliphatic carbocycles. The molecule has 4 rings (SSSR count). The highest BCUT2D eigenvalue weighted by molar-refractivity contribution is 7.98. The molecule has 0 bridgehead atoms. The lowest BCUT2D eigenvalue weighted by molar-refractivity contribution is 0.0138. The summed E-state index contributed by atoms with van der Waals surface area (Å²) < 4.78 is 16.4. The maximum Gasteiger partial charge on any atom is 0.270 e. The van der Waals surface area contributed by atoms with Crippen LogP contribution in [0.3, 0.4) is 0 Å². The number of ketones is 1. The van der Waals surface area contributed by atoms with Crippen molar-refractivity contribution in [2.24, 2.45) is 5.73 Å². The van der Waals surface area contributed by atoms with Gasteiger partial charge >= 0.3 is 0 Å². The van der Waals surface area contributed by atoms with E-state index in [9.17, 15) is 14.9 Å². The number of carbonyl (C=O) groups excluding carboxylic acids is 1. The molecule has 3 aromatic carbocycles. The molecule has 240 valence electrons. The van der Waals surface area contributed by atoms with Gasteiger partial charge in [-0.1, -0.05) is 90.6 Å². The van der Waals surface area contributed by atoms with Gasteiger partial charge in [0.2, 0.25) is 0 Å². The summed E-state index contributed by atoms with van der Waals surface area (Å²) in [6.07, 6.45) is 2.87. The van der Waals surface area contributed by atoms with Gasteiger partial charge in [-0.25, -0.2) is 4.98 Å². The van der Waals surface area contributed by atoms with E-state index in [2.05, 4.69) is 9.97 Å². The predicted molar refractivity (Wildman–Crippen MR) is 181 cm³/mol. The van der Waals surface area contributed by atoms with Crippen LogP contribution in [0.15, 0.2) is 88.8 Å². The normalized spacial score (nSPS) is 11.0. The highest BCUT2D eigenvalue weighted by atomic mass is 32.2. The van der Waals surface area contributed by atoms with Gasteiger partial charge in [0.1, 0.15) is 11.6 Å². The van der Waals surface area contributed by atoms with Crippen LogP contribution in [-0.2, 0) is 20.0 Å². The molecule has 10 heteroatoms. The second-order valence-electron chi connectivity index (χ2n) is 10.5. The number of carbonyl (C=O) groups is 1. The fourth-order valence-electron chi connectivity index (χ4n) is 4.58. The molecule has 0 saturated heterocycles. The molecule has 0 radical (unpaired) electrons. The van der Waals surface area contributed by atoms with Gasteiger partial charge in [0, 0.05) is 36.5 Å². The molecule has 4 aromatic rings. The van der Waals surface area contributed by atoms with Crippen molar-refractivity contribution in [1.82, 2.24) is 9.97 Å². The van der Waals surface area contributed by atoms with Crippen molar-refractivity contribution >= 4 is 17.5 Å². The van der Waals surface area contributed by atoms with Crippen LogP contribution in [0.1, 0.15) is 47.2 Å². The van der Waals surface area contributed by atoms with Crippen LogP contribution in [0.25, 0.3) is 22.4 Å². The smallest absolute Gasteiger partial charge is 0.270 e. The van der Waals surface area contributed by atoms with Crippen molar-refractivity contribution in [1.29, 1.82) is 5.26 Å². The lowest BCUT2D eigenvalue weighted by Crippen LogP contribution is -2.14. The second-order valence-corrected chi connectivity index (χ2v) is 11.5. The van der Waals surface area contributed by atoms with E-state index in [1.165, 1.54) is 11.8 Å². The van der Waals surface area contributed by atoms with Crippen LogP contribution in [-0.4, -0.2) is 61.9 Å². The van der Waals surface area contributed by atoms with Gasteiger partial charge in [-0.3, -0.25) is 9.59 Å². The number of unbranched alkanes of at least 4 members (excludes halogenated alkanes) is 1. The largest absolute Gasteiger partial charge is 0.379 e. The maximum absolute atomic E-state index is 12.7. The molecule has 0 spiro atoms. The molecule has 3 N–H and O–H groups in total. The Morgan fingerprint density at radius 1 is 0.783 bits per heavy atom. The number of H-pyrrole nitrogens is 1. The van der Waals surface area contributed by atoms with Crippen LogP contribution >= 0.6 is 11.8 Å². The number of Topliss-reactive ketones (excluding diaryl/α,β-unsaturated/α-hetero) is 1. The third kappa shape index (κ3) is 11.1. The summed E-state index contributed by atoms with van der Waals surface area (Å²) in [4.78, 5) is 32.7. The van der Waals surface area contributed by atoms with Crippen molar-refractivity contribution in [2.45, 2.75) is 36.6 Å². The number of nitrogens with one attached hydrogen (secondary N) is 1. The Bertz CT molecular complexity index is 1600. The van der Waals surface area contributed by atoms with Gasteiger partial charge in [-0.05, 0) is 42.5 Å². The van der Waals surface area contributed by atoms with E-state index in [-0.39, 0.29) is 11.3 Å². The SMILES string of the molecule is N#Cc1c(-c2ccc(-c3ccccc3)cc2)nc(SCc2ccc(C(=O)CCCCOCCOCCOCCCN)cc2)[nH]c1=O. The van der Waals surface area contributed by atoms with Crippen LogP contribution in [0.4, 0.5) is 0 Å². The minimum absolute atomic E-state index is 0.0175. The van der Waals surface area contributed by atoms with E-state index in [1.807, 2.05) is 84.9 Å². The molecule has 0 unspecified atom stereocenters. The molecule has 1 heterocycles. The number of nitrogens with zero attached hydrogens (tertiary/aromatic N) is 2. The molecule has 0 aliphatic heterocycles. The fraction of sp³-hybridized carbons (Fsp3) is 0.333. The van der Waals surface area contributed by atoms with Gasteiger partial charge in [-0.15, -0.1) is 0 Å². The first-order valence-electron chi connectivity index (χ1n) is 15.5. The van der Waals surface area contributed by atoms with Crippen molar-refractivity contribution in [3.05, 3.63) is 106 Å². The van der Waals surface area contributed by atoms with Gasteiger partial charge in [-0.2, -0.15) is 5.26 Å². The second kappa shape index (κ2) is 19.4. The van der Waals surface area contributed by atoms with Crippen molar-refractivity contribution in [2.75, 3.05) is 46.2 Å². The number of aromatic nitrogens is 2. The Labute approximate surface area is 274 Å². The summed E-state index contributed by atoms with van der Waals surface area (Å²) in [5, 5.41) is 10.1. The summed E-state index contributed by atoms with van der Waals surface area (Å²) in [5.74, 6) is 0.635. The number of rotatable bonds is 20. The van der Waals surface area contributed by atoms with E-state index in [0.29, 0.717) is 80.3 Å². The molecule has 0 aliphatic rings. The monoisotopic (exact) mass is 640 g/mol. The van der Waals surface area contributed by atoms with Crippen molar-refractivity contribution < 1.29 is 19.0 Å². The molecule has 46 heavy (non-hydrogen) atoms. The number of ether oxygens (including phenoxy) is 3. The number of benzene rings is 3. The molecule has 0 fully saturated rings. The van der Waals surface area contributed by atoms with E-state index in [4.69, 9.17) is 19.9 Å². The third-order valence-electron chi connectivity index (χ3n) is 7.11. The molecular formula is C36H40N4O5S. The summed E-state index contributed by atoms with van der Waals surface area (Å²) >= 11 is 1.37. The summed E-state index contributed by atoms with van der Waals surface area (Å²) in [6, 6.07) is 27.2. The van der Waals surface area contributed by atoms with E-state index < -0.39 is 5.56 Å². The number of thioether (sulfide) groups is 1. The average Bonchev–Trinajstić information content (AvgIpc) is 3.09. The first-order valence-corrected chi connectivity index (χ1v) is 16.5. The number of aromatic amines is 1. The van der Waals surface area contributed by atoms with Crippen LogP contribution in [0, 0.1) is 11.3 Å². The summed E-state index contributed by atoms with van der Waals surface area (Å²) in [6.45, 7) is 4.01. The zero-order valence-electron chi connectivity index (χ0n) is 25.9. The highest BCUT2D eigenvalue weighted by Crippen LogP contribution is 2.27. The number of nitriles is 1. The Hall–Kier alpha value is -4.11. The topological polar surface area (TPSA) is 140 Å². The molecule has 1 aromatic heterocycles. The van der Waals surface area contributed by atoms with Crippen LogP contribution < -0.4 is 11.3 Å². The first-order chi connectivity index (χ1) is 22.6. The highest BCUT2D eigenvalue weighted by Gasteiger charge is 2.14. The van der Waals surface area contributed by atoms with Gasteiger partial charge in [0.15, 0.2) is 10.9 Å². The standard InChI is InChI=1S/C36H40N4O5S/c37-18-6-20-44-22-24-45-23-21-43-19-5-4-9-33(41)30-12-10-27(11-13-30)26-46-36-39-34(32(25-38)35(42)40-36)31-16-14-29(15-17-31)28-7-2-1-3-8-28/h1-3,7-8,10-17H,4-6,9,18-24,26,37H2,(H,39,40,42). The maximum atomic E-state index is 12.7. The molecular weight excluding hydrogens is 600 g/mol. The van der Waals surface area contributed by atoms with Crippen molar-refractivity contribution in [3.63, 3.8) is 0 Å². The van der Waals surface area contributed by atoms with Gasteiger partial charge < -0.3 is 24.9 Å². The minimum Gasteiger partial charge on any atom is -0.379 e. The van der Waals surface area contributed by atoms with Crippen LogP contribution in [0.2, 0.25) is 0 Å². The summed E-state index contributed by atoms with van der Waals surface area (Å²) in [5.41, 5.74) is 9.75. The molecule has 9 nitrogen and oxygen atoms in total. The van der Waals surface area contributed by atoms with E-state index in [1.54, 1.807) is 0 Å². The molecule has 0 saturated carbocycles. The molecule has 0 amide bonds.